The number of primary amides is 1. The zero-order chi connectivity index (χ0) is 22.4. The molecule has 0 aliphatic carbocycles. The SMILES string of the molecule is COc1ccc(CNC(=O)CNC(=O)C2=NN(c3ccc(F)cc3)C(C(N)=O)C2)cc1. The molecule has 0 saturated heterocycles. The van der Waals surface area contributed by atoms with Crippen LogP contribution in [-0.4, -0.2) is 43.1 Å². The number of nitrogens with zero attached hydrogens (tertiary/aromatic N) is 2. The summed E-state index contributed by atoms with van der Waals surface area (Å²) in [7, 11) is 1.57. The van der Waals surface area contributed by atoms with Crippen molar-refractivity contribution in [2.24, 2.45) is 10.8 Å². The van der Waals surface area contributed by atoms with Crippen molar-refractivity contribution in [2.75, 3.05) is 18.7 Å². The molecule has 2 aromatic carbocycles. The standard InChI is InChI=1S/C21H22FN5O4/c1-31-16-8-2-13(3-9-16)11-24-19(28)12-25-21(30)17-10-18(20(23)29)27(26-17)15-6-4-14(22)5-7-15/h2-9,18H,10-12H2,1H3,(H2,23,29)(H,24,28)(H,25,30). The second-order valence-corrected chi connectivity index (χ2v) is 6.80. The Morgan fingerprint density at radius 1 is 1.13 bits per heavy atom. The second-order valence-electron chi connectivity index (χ2n) is 6.80. The van der Waals surface area contributed by atoms with Crippen molar-refractivity contribution in [3.63, 3.8) is 0 Å². The maximum Gasteiger partial charge on any atom is 0.268 e. The first kappa shape index (κ1) is 21.8. The maximum atomic E-state index is 13.2. The van der Waals surface area contributed by atoms with Gasteiger partial charge in [0.1, 0.15) is 23.3 Å². The first-order chi connectivity index (χ1) is 14.9. The van der Waals surface area contributed by atoms with Crippen molar-refractivity contribution in [1.29, 1.82) is 0 Å². The molecule has 162 valence electrons. The highest BCUT2D eigenvalue weighted by Crippen LogP contribution is 2.24. The van der Waals surface area contributed by atoms with E-state index in [4.69, 9.17) is 10.5 Å². The summed E-state index contributed by atoms with van der Waals surface area (Å²) in [5, 5.41) is 10.6. The van der Waals surface area contributed by atoms with Crippen LogP contribution in [0.15, 0.2) is 53.6 Å². The summed E-state index contributed by atoms with van der Waals surface area (Å²) >= 11 is 0. The summed E-state index contributed by atoms with van der Waals surface area (Å²) in [5.41, 5.74) is 6.77. The van der Waals surface area contributed by atoms with Crippen molar-refractivity contribution in [3.8, 4) is 5.75 Å². The third-order valence-electron chi connectivity index (χ3n) is 4.65. The normalized spacial score (nSPS) is 15.2. The zero-order valence-corrected chi connectivity index (χ0v) is 16.8. The average Bonchev–Trinajstić information content (AvgIpc) is 3.23. The average molecular weight is 427 g/mol. The van der Waals surface area contributed by atoms with Crippen LogP contribution in [0.5, 0.6) is 5.75 Å². The van der Waals surface area contributed by atoms with Gasteiger partial charge in [-0.2, -0.15) is 5.10 Å². The molecule has 0 fully saturated rings. The zero-order valence-electron chi connectivity index (χ0n) is 16.8. The largest absolute Gasteiger partial charge is 0.497 e. The fourth-order valence-corrected chi connectivity index (χ4v) is 2.97. The van der Waals surface area contributed by atoms with Crippen molar-refractivity contribution in [3.05, 3.63) is 59.9 Å². The first-order valence-electron chi connectivity index (χ1n) is 9.47. The minimum Gasteiger partial charge on any atom is -0.497 e. The molecule has 3 rings (SSSR count). The molecule has 0 aromatic heterocycles. The molecule has 1 heterocycles. The smallest absolute Gasteiger partial charge is 0.268 e. The van der Waals surface area contributed by atoms with Gasteiger partial charge in [0.05, 0.1) is 19.3 Å². The van der Waals surface area contributed by atoms with Crippen molar-refractivity contribution in [2.45, 2.75) is 19.0 Å². The van der Waals surface area contributed by atoms with E-state index in [-0.39, 0.29) is 24.6 Å². The van der Waals surface area contributed by atoms with Crippen molar-refractivity contribution < 1.29 is 23.5 Å². The number of carbonyl (C=O) groups excluding carboxylic acids is 3. The summed E-state index contributed by atoms with van der Waals surface area (Å²) in [5.74, 6) is -1.38. The van der Waals surface area contributed by atoms with E-state index in [0.29, 0.717) is 18.0 Å². The number of hydrazone groups is 1. The number of hydrogen-bond acceptors (Lipinski definition) is 6. The molecular weight excluding hydrogens is 405 g/mol. The predicted molar refractivity (Wildman–Crippen MR) is 112 cm³/mol. The molecule has 0 radical (unpaired) electrons. The maximum absolute atomic E-state index is 13.2. The third kappa shape index (κ3) is 5.56. The summed E-state index contributed by atoms with van der Waals surface area (Å²) in [4.78, 5) is 36.2. The van der Waals surface area contributed by atoms with Crippen LogP contribution < -0.4 is 26.1 Å². The molecule has 0 saturated carbocycles. The summed E-state index contributed by atoms with van der Waals surface area (Å²) < 4.78 is 18.2. The van der Waals surface area contributed by atoms with E-state index in [2.05, 4.69) is 15.7 Å². The fourth-order valence-electron chi connectivity index (χ4n) is 2.97. The number of halogens is 1. The molecule has 4 N–H and O–H groups in total. The van der Waals surface area contributed by atoms with Gasteiger partial charge >= 0.3 is 0 Å². The van der Waals surface area contributed by atoms with E-state index in [1.807, 2.05) is 12.1 Å². The Morgan fingerprint density at radius 3 is 2.42 bits per heavy atom. The number of carbonyl (C=O) groups is 3. The van der Waals surface area contributed by atoms with Gasteiger partial charge < -0.3 is 21.1 Å². The number of benzene rings is 2. The highest BCUT2D eigenvalue weighted by Gasteiger charge is 2.35. The second kappa shape index (κ2) is 9.70. The van der Waals surface area contributed by atoms with E-state index in [9.17, 15) is 18.8 Å². The lowest BCUT2D eigenvalue weighted by molar-refractivity contribution is -0.123. The van der Waals surface area contributed by atoms with Crippen LogP contribution in [0.2, 0.25) is 0 Å². The number of nitrogens with two attached hydrogens (primary N) is 1. The predicted octanol–water partition coefficient (Wildman–Crippen LogP) is 0.687. The van der Waals surface area contributed by atoms with Crippen LogP contribution in [0.4, 0.5) is 10.1 Å². The van der Waals surface area contributed by atoms with Crippen LogP contribution >= 0.6 is 0 Å². The lowest BCUT2D eigenvalue weighted by atomic mass is 10.1. The van der Waals surface area contributed by atoms with Gasteiger partial charge in [-0.25, -0.2) is 4.39 Å². The molecule has 10 heteroatoms. The lowest BCUT2D eigenvalue weighted by Crippen LogP contribution is -2.41. The van der Waals surface area contributed by atoms with Gasteiger partial charge in [0.25, 0.3) is 5.91 Å². The Bertz CT molecular complexity index is 992. The number of nitrogens with one attached hydrogen (secondary N) is 2. The van der Waals surface area contributed by atoms with Crippen LogP contribution in [0.25, 0.3) is 0 Å². The number of ether oxygens (including phenoxy) is 1. The summed E-state index contributed by atoms with van der Waals surface area (Å²) in [6.07, 6.45) is -0.0218. The van der Waals surface area contributed by atoms with E-state index in [0.717, 1.165) is 5.56 Å². The van der Waals surface area contributed by atoms with E-state index >= 15 is 0 Å². The Balaban J connectivity index is 1.55. The van der Waals surface area contributed by atoms with Gasteiger partial charge in [0.2, 0.25) is 11.8 Å². The molecule has 0 spiro atoms. The quantitative estimate of drug-likeness (QED) is 0.571. The molecule has 3 amide bonds. The Labute approximate surface area is 178 Å². The minimum atomic E-state index is -0.880. The van der Waals surface area contributed by atoms with Crippen molar-refractivity contribution in [1.82, 2.24) is 10.6 Å². The van der Waals surface area contributed by atoms with E-state index < -0.39 is 23.7 Å². The highest BCUT2D eigenvalue weighted by molar-refractivity contribution is 6.40. The van der Waals surface area contributed by atoms with E-state index in [1.165, 1.54) is 29.3 Å². The first-order valence-corrected chi connectivity index (χ1v) is 9.47. The lowest BCUT2D eigenvalue weighted by Gasteiger charge is -2.20. The molecule has 1 aliphatic rings. The van der Waals surface area contributed by atoms with Gasteiger partial charge in [-0.15, -0.1) is 0 Å². The Hall–Kier alpha value is -3.95. The highest BCUT2D eigenvalue weighted by atomic mass is 19.1. The van der Waals surface area contributed by atoms with Gasteiger partial charge in [0, 0.05) is 13.0 Å². The number of amides is 3. The monoisotopic (exact) mass is 427 g/mol. The summed E-state index contributed by atoms with van der Waals surface area (Å²) in [6.45, 7) is 0.0353. The molecule has 9 nitrogen and oxygen atoms in total. The molecule has 0 bridgehead atoms. The third-order valence-corrected chi connectivity index (χ3v) is 4.65. The number of hydrogen-bond donors (Lipinski definition) is 3. The van der Waals surface area contributed by atoms with Gasteiger partial charge in [-0.05, 0) is 42.0 Å². The van der Waals surface area contributed by atoms with Crippen LogP contribution in [0.3, 0.4) is 0 Å². The topological polar surface area (TPSA) is 126 Å². The Kier molecular flexibility index (Phi) is 6.81. The van der Waals surface area contributed by atoms with E-state index in [1.54, 1.807) is 19.2 Å². The van der Waals surface area contributed by atoms with Gasteiger partial charge in [0.15, 0.2) is 0 Å². The fraction of sp³-hybridized carbons (Fsp3) is 0.238. The number of rotatable bonds is 8. The number of anilines is 1. The molecule has 1 aliphatic heterocycles. The van der Waals surface area contributed by atoms with Crippen molar-refractivity contribution >= 4 is 29.1 Å². The van der Waals surface area contributed by atoms with Crippen LogP contribution in [-0.2, 0) is 20.9 Å². The Morgan fingerprint density at radius 2 is 1.81 bits per heavy atom. The van der Waals surface area contributed by atoms with Crippen LogP contribution in [0.1, 0.15) is 12.0 Å². The molecular formula is C21H22FN5O4. The molecule has 1 unspecified atom stereocenters. The molecule has 2 aromatic rings. The molecule has 1 atom stereocenters. The summed E-state index contributed by atoms with van der Waals surface area (Å²) in [6, 6.07) is 11.6. The minimum absolute atomic E-state index is 0.0218. The van der Waals surface area contributed by atoms with Gasteiger partial charge in [-0.1, -0.05) is 12.1 Å². The molecule has 31 heavy (non-hydrogen) atoms. The number of methoxy groups -OCH3 is 1. The van der Waals surface area contributed by atoms with Gasteiger partial charge in [-0.3, -0.25) is 19.4 Å². The van der Waals surface area contributed by atoms with Crippen LogP contribution in [0, 0.1) is 5.82 Å².